The van der Waals surface area contributed by atoms with Crippen molar-refractivity contribution in [2.75, 3.05) is 7.05 Å². The summed E-state index contributed by atoms with van der Waals surface area (Å²) in [6.07, 6.45) is 4.94. The van der Waals surface area contributed by atoms with Gasteiger partial charge in [-0.2, -0.15) is 0 Å². The Morgan fingerprint density at radius 2 is 1.94 bits per heavy atom. The molecule has 4 heteroatoms. The van der Waals surface area contributed by atoms with Crippen LogP contribution < -0.4 is 5.32 Å². The second-order valence-corrected chi connectivity index (χ2v) is 5.13. The Hall–Kier alpha value is -1.16. The van der Waals surface area contributed by atoms with Crippen LogP contribution in [0.25, 0.3) is 0 Å². The van der Waals surface area contributed by atoms with Crippen LogP contribution in [0.3, 0.4) is 0 Å². The maximum Gasteiger partial charge on any atom is 0.169 e. The van der Waals surface area contributed by atoms with Gasteiger partial charge in [-0.25, -0.2) is 4.39 Å². The smallest absolute Gasteiger partial charge is 0.169 e. The first kappa shape index (κ1) is 13.3. The highest BCUT2D eigenvalue weighted by Gasteiger charge is 2.24. The van der Waals surface area contributed by atoms with Crippen LogP contribution in [0.15, 0.2) is 24.3 Å². The van der Waals surface area contributed by atoms with Crippen LogP contribution in [-0.2, 0) is 6.54 Å². The maximum atomic E-state index is 12.9. The zero-order chi connectivity index (χ0) is 13.0. The number of halogens is 1. The van der Waals surface area contributed by atoms with Gasteiger partial charge in [0.25, 0.3) is 0 Å². The lowest BCUT2D eigenvalue weighted by atomic mass is 10.1. The SMILES string of the molecule is CNC(=S)N(Cc1ccc(F)cc1)C1CCCC1. The molecule has 1 aliphatic rings. The largest absolute Gasteiger partial charge is 0.366 e. The third-order valence-electron chi connectivity index (χ3n) is 3.51. The number of hydrogen-bond donors (Lipinski definition) is 1. The van der Waals surface area contributed by atoms with E-state index in [0.29, 0.717) is 6.04 Å². The van der Waals surface area contributed by atoms with Crippen LogP contribution in [0.5, 0.6) is 0 Å². The van der Waals surface area contributed by atoms with E-state index in [0.717, 1.165) is 17.2 Å². The van der Waals surface area contributed by atoms with Gasteiger partial charge in [-0.05, 0) is 42.8 Å². The molecule has 0 spiro atoms. The molecule has 0 aromatic heterocycles. The number of rotatable bonds is 3. The Labute approximate surface area is 113 Å². The summed E-state index contributed by atoms with van der Waals surface area (Å²) in [5, 5.41) is 3.84. The highest BCUT2D eigenvalue weighted by molar-refractivity contribution is 7.80. The molecular formula is C14H19FN2S. The monoisotopic (exact) mass is 266 g/mol. The molecule has 0 saturated heterocycles. The Bertz CT molecular complexity index is 399. The van der Waals surface area contributed by atoms with Crippen LogP contribution in [-0.4, -0.2) is 23.1 Å². The summed E-state index contributed by atoms with van der Waals surface area (Å²) in [4.78, 5) is 2.23. The van der Waals surface area contributed by atoms with Gasteiger partial charge in [-0.1, -0.05) is 25.0 Å². The molecule has 0 radical (unpaired) electrons. The summed E-state index contributed by atoms with van der Waals surface area (Å²) in [7, 11) is 1.86. The Morgan fingerprint density at radius 1 is 1.33 bits per heavy atom. The first-order valence-electron chi connectivity index (χ1n) is 6.43. The molecule has 0 aliphatic heterocycles. The number of hydrogen-bond acceptors (Lipinski definition) is 1. The van der Waals surface area contributed by atoms with E-state index >= 15 is 0 Å². The van der Waals surface area contributed by atoms with Crippen molar-refractivity contribution in [3.8, 4) is 0 Å². The van der Waals surface area contributed by atoms with Crippen LogP contribution in [0.2, 0.25) is 0 Å². The summed E-state index contributed by atoms with van der Waals surface area (Å²) >= 11 is 5.38. The van der Waals surface area contributed by atoms with E-state index in [4.69, 9.17) is 12.2 Å². The molecule has 0 amide bonds. The lowest BCUT2D eigenvalue weighted by molar-refractivity contribution is 0.305. The maximum absolute atomic E-state index is 12.9. The fraction of sp³-hybridized carbons (Fsp3) is 0.500. The predicted octanol–water partition coefficient (Wildman–Crippen LogP) is 3.07. The minimum atomic E-state index is -0.192. The third-order valence-corrected chi connectivity index (χ3v) is 3.95. The average Bonchev–Trinajstić information content (AvgIpc) is 2.91. The van der Waals surface area contributed by atoms with E-state index in [-0.39, 0.29) is 5.82 Å². The van der Waals surface area contributed by atoms with Crippen molar-refractivity contribution in [2.45, 2.75) is 38.3 Å². The quantitative estimate of drug-likeness (QED) is 0.846. The molecule has 1 aliphatic carbocycles. The average molecular weight is 266 g/mol. The van der Waals surface area contributed by atoms with E-state index in [1.54, 1.807) is 0 Å². The highest BCUT2D eigenvalue weighted by Crippen LogP contribution is 2.25. The minimum Gasteiger partial charge on any atom is -0.366 e. The van der Waals surface area contributed by atoms with Crippen LogP contribution in [0.1, 0.15) is 31.2 Å². The molecule has 2 rings (SSSR count). The molecule has 0 bridgehead atoms. The fourth-order valence-corrected chi connectivity index (χ4v) is 2.73. The van der Waals surface area contributed by atoms with E-state index in [1.165, 1.54) is 37.8 Å². The molecule has 2 nitrogen and oxygen atoms in total. The number of benzene rings is 1. The van der Waals surface area contributed by atoms with Crippen molar-refractivity contribution in [3.05, 3.63) is 35.6 Å². The van der Waals surface area contributed by atoms with Gasteiger partial charge in [0.05, 0.1) is 0 Å². The number of nitrogens with one attached hydrogen (secondary N) is 1. The van der Waals surface area contributed by atoms with Gasteiger partial charge < -0.3 is 10.2 Å². The lowest BCUT2D eigenvalue weighted by Gasteiger charge is -2.31. The van der Waals surface area contributed by atoms with Gasteiger partial charge in [0.15, 0.2) is 5.11 Å². The van der Waals surface area contributed by atoms with Crippen LogP contribution in [0.4, 0.5) is 4.39 Å². The first-order valence-corrected chi connectivity index (χ1v) is 6.84. The Balaban J connectivity index is 2.09. The molecular weight excluding hydrogens is 247 g/mol. The van der Waals surface area contributed by atoms with E-state index < -0.39 is 0 Å². The topological polar surface area (TPSA) is 15.3 Å². The standard InChI is InChI=1S/C14H19FN2S/c1-16-14(18)17(13-4-2-3-5-13)10-11-6-8-12(15)9-7-11/h6-9,13H,2-5,10H2,1H3,(H,16,18). The van der Waals surface area contributed by atoms with Gasteiger partial charge in [0.1, 0.15) is 5.82 Å². The molecule has 98 valence electrons. The molecule has 1 aromatic carbocycles. The van der Waals surface area contributed by atoms with E-state index in [1.807, 2.05) is 19.2 Å². The summed E-state index contributed by atoms with van der Waals surface area (Å²) in [5.74, 6) is -0.192. The normalized spacial score (nSPS) is 15.7. The van der Waals surface area contributed by atoms with Crippen molar-refractivity contribution in [2.24, 2.45) is 0 Å². The minimum absolute atomic E-state index is 0.192. The lowest BCUT2D eigenvalue weighted by Crippen LogP contribution is -2.43. The third kappa shape index (κ3) is 3.19. The highest BCUT2D eigenvalue weighted by atomic mass is 32.1. The van der Waals surface area contributed by atoms with Crippen molar-refractivity contribution < 1.29 is 4.39 Å². The second kappa shape index (κ2) is 6.14. The van der Waals surface area contributed by atoms with E-state index in [9.17, 15) is 4.39 Å². The van der Waals surface area contributed by atoms with Gasteiger partial charge in [-0.15, -0.1) is 0 Å². The van der Waals surface area contributed by atoms with Gasteiger partial charge >= 0.3 is 0 Å². The van der Waals surface area contributed by atoms with Gasteiger partial charge in [0.2, 0.25) is 0 Å². The fourth-order valence-electron chi connectivity index (χ4n) is 2.51. The molecule has 1 saturated carbocycles. The Morgan fingerprint density at radius 3 is 2.50 bits per heavy atom. The first-order chi connectivity index (χ1) is 8.70. The molecule has 18 heavy (non-hydrogen) atoms. The number of nitrogens with zero attached hydrogens (tertiary/aromatic N) is 1. The summed E-state index contributed by atoms with van der Waals surface area (Å²) in [6.45, 7) is 0.755. The predicted molar refractivity (Wildman–Crippen MR) is 75.9 cm³/mol. The van der Waals surface area contributed by atoms with Crippen molar-refractivity contribution in [3.63, 3.8) is 0 Å². The second-order valence-electron chi connectivity index (χ2n) is 4.75. The summed E-state index contributed by atoms with van der Waals surface area (Å²) < 4.78 is 12.9. The van der Waals surface area contributed by atoms with Gasteiger partial charge in [0, 0.05) is 19.6 Å². The van der Waals surface area contributed by atoms with Crippen LogP contribution in [0, 0.1) is 5.82 Å². The van der Waals surface area contributed by atoms with E-state index in [2.05, 4.69) is 10.2 Å². The zero-order valence-electron chi connectivity index (χ0n) is 10.7. The molecule has 0 atom stereocenters. The van der Waals surface area contributed by atoms with Crippen molar-refractivity contribution in [1.82, 2.24) is 10.2 Å². The van der Waals surface area contributed by atoms with Crippen molar-refractivity contribution >= 4 is 17.3 Å². The van der Waals surface area contributed by atoms with Gasteiger partial charge in [-0.3, -0.25) is 0 Å². The number of thiocarbonyl (C=S) groups is 1. The summed E-state index contributed by atoms with van der Waals surface area (Å²) in [5.41, 5.74) is 1.10. The van der Waals surface area contributed by atoms with Crippen LogP contribution >= 0.6 is 12.2 Å². The Kier molecular flexibility index (Phi) is 4.53. The molecule has 1 fully saturated rings. The summed E-state index contributed by atoms with van der Waals surface area (Å²) in [6, 6.07) is 7.19. The molecule has 1 N–H and O–H groups in total. The van der Waals surface area contributed by atoms with Crippen molar-refractivity contribution in [1.29, 1.82) is 0 Å². The zero-order valence-corrected chi connectivity index (χ0v) is 11.5. The molecule has 0 unspecified atom stereocenters. The molecule has 1 aromatic rings. The molecule has 0 heterocycles.